The van der Waals surface area contributed by atoms with E-state index in [-0.39, 0.29) is 5.91 Å². The summed E-state index contributed by atoms with van der Waals surface area (Å²) in [5, 5.41) is 3.55. The first-order valence-corrected chi connectivity index (χ1v) is 7.52. The van der Waals surface area contributed by atoms with Crippen molar-refractivity contribution >= 4 is 40.5 Å². The van der Waals surface area contributed by atoms with E-state index in [1.54, 1.807) is 43.3 Å². The van der Waals surface area contributed by atoms with Crippen molar-refractivity contribution < 1.29 is 14.3 Å². The third-order valence-electron chi connectivity index (χ3n) is 3.06. The van der Waals surface area contributed by atoms with Gasteiger partial charge in [-0.1, -0.05) is 23.2 Å². The van der Waals surface area contributed by atoms with Crippen LogP contribution in [0.4, 0.5) is 11.4 Å². The summed E-state index contributed by atoms with van der Waals surface area (Å²) >= 11 is 11.8. The Kier molecular flexibility index (Phi) is 5.58. The Bertz CT molecular complexity index is 722. The van der Waals surface area contributed by atoms with Crippen molar-refractivity contribution in [3.05, 3.63) is 46.4 Å². The van der Waals surface area contributed by atoms with Crippen molar-refractivity contribution in [1.82, 2.24) is 0 Å². The van der Waals surface area contributed by atoms with Gasteiger partial charge in [0.15, 0.2) is 6.10 Å². The number of methoxy groups -OCH3 is 1. The average molecular weight is 355 g/mol. The Morgan fingerprint density at radius 3 is 2.48 bits per heavy atom. The lowest BCUT2D eigenvalue weighted by molar-refractivity contribution is -0.122. The first-order valence-electron chi connectivity index (χ1n) is 6.77. The monoisotopic (exact) mass is 354 g/mol. The maximum Gasteiger partial charge on any atom is 0.265 e. The number of carbonyl (C=O) groups excluding carboxylic acids is 1. The van der Waals surface area contributed by atoms with E-state index in [2.05, 4.69) is 5.32 Å². The zero-order valence-corrected chi connectivity index (χ0v) is 14.1. The van der Waals surface area contributed by atoms with Gasteiger partial charge in [-0.15, -0.1) is 0 Å². The summed E-state index contributed by atoms with van der Waals surface area (Å²) in [4.78, 5) is 12.2. The Hall–Kier alpha value is -2.11. The lowest BCUT2D eigenvalue weighted by Gasteiger charge is -2.16. The molecule has 0 aromatic heterocycles. The van der Waals surface area contributed by atoms with Gasteiger partial charge in [-0.25, -0.2) is 0 Å². The standard InChI is InChI=1S/C16H16Cl2N2O3/c1-9(23-14-5-3-10(17)7-12(14)18)16(21)20-11-4-6-15(22-2)13(19)8-11/h3-9H,19H2,1-2H3,(H,20,21)/t9-/m0/s1. The fourth-order valence-electron chi connectivity index (χ4n) is 1.87. The van der Waals surface area contributed by atoms with Crippen LogP contribution in [0.3, 0.4) is 0 Å². The van der Waals surface area contributed by atoms with E-state index in [1.165, 1.54) is 7.11 Å². The number of ether oxygens (including phenoxy) is 2. The zero-order valence-electron chi connectivity index (χ0n) is 12.6. The minimum atomic E-state index is -0.753. The molecule has 3 N–H and O–H groups in total. The normalized spacial score (nSPS) is 11.7. The Labute approximate surface area is 144 Å². The summed E-state index contributed by atoms with van der Waals surface area (Å²) in [6.07, 6.45) is -0.753. The van der Waals surface area contributed by atoms with Crippen molar-refractivity contribution in [3.8, 4) is 11.5 Å². The molecule has 0 bridgehead atoms. The van der Waals surface area contributed by atoms with E-state index in [9.17, 15) is 4.79 Å². The number of hydrogen-bond acceptors (Lipinski definition) is 4. The average Bonchev–Trinajstić information content (AvgIpc) is 2.50. The van der Waals surface area contributed by atoms with Gasteiger partial charge in [0.25, 0.3) is 5.91 Å². The molecule has 2 aromatic carbocycles. The highest BCUT2D eigenvalue weighted by atomic mass is 35.5. The van der Waals surface area contributed by atoms with Crippen LogP contribution >= 0.6 is 23.2 Å². The Balaban J connectivity index is 2.03. The molecule has 2 rings (SSSR count). The summed E-state index contributed by atoms with van der Waals surface area (Å²) < 4.78 is 10.6. The molecule has 7 heteroatoms. The molecule has 1 amide bonds. The van der Waals surface area contributed by atoms with Crippen LogP contribution in [-0.2, 0) is 4.79 Å². The first-order chi connectivity index (χ1) is 10.9. The van der Waals surface area contributed by atoms with Gasteiger partial charge < -0.3 is 20.5 Å². The summed E-state index contributed by atoms with van der Waals surface area (Å²) in [6.45, 7) is 1.62. The number of benzene rings is 2. The number of nitrogen functional groups attached to an aromatic ring is 1. The number of anilines is 2. The van der Waals surface area contributed by atoms with E-state index >= 15 is 0 Å². The molecule has 0 radical (unpaired) electrons. The number of halogens is 2. The highest BCUT2D eigenvalue weighted by Gasteiger charge is 2.17. The number of hydrogen-bond donors (Lipinski definition) is 2. The highest BCUT2D eigenvalue weighted by Crippen LogP contribution is 2.29. The summed E-state index contributed by atoms with van der Waals surface area (Å²) in [6, 6.07) is 9.77. The summed E-state index contributed by atoms with van der Waals surface area (Å²) in [5.74, 6) is 0.591. The molecule has 0 spiro atoms. The molecule has 0 aliphatic heterocycles. The van der Waals surface area contributed by atoms with Crippen LogP contribution in [0, 0.1) is 0 Å². The van der Waals surface area contributed by atoms with E-state index < -0.39 is 6.10 Å². The molecule has 0 heterocycles. The topological polar surface area (TPSA) is 73.6 Å². The zero-order chi connectivity index (χ0) is 17.0. The van der Waals surface area contributed by atoms with Crippen LogP contribution in [0.25, 0.3) is 0 Å². The van der Waals surface area contributed by atoms with Gasteiger partial charge in [0, 0.05) is 10.7 Å². The predicted molar refractivity (Wildman–Crippen MR) is 92.6 cm³/mol. The molecule has 0 aliphatic carbocycles. The minimum absolute atomic E-state index is 0.333. The van der Waals surface area contributed by atoms with E-state index in [0.717, 1.165) is 0 Å². The van der Waals surface area contributed by atoms with Crippen molar-refractivity contribution in [3.63, 3.8) is 0 Å². The molecule has 122 valence electrons. The number of nitrogens with one attached hydrogen (secondary N) is 1. The second-order valence-corrected chi connectivity index (χ2v) is 5.62. The first kappa shape index (κ1) is 17.2. The largest absolute Gasteiger partial charge is 0.495 e. The van der Waals surface area contributed by atoms with E-state index in [0.29, 0.717) is 32.9 Å². The fourth-order valence-corrected chi connectivity index (χ4v) is 2.32. The van der Waals surface area contributed by atoms with Gasteiger partial charge in [-0.05, 0) is 43.3 Å². The third-order valence-corrected chi connectivity index (χ3v) is 3.59. The van der Waals surface area contributed by atoms with Gasteiger partial charge in [0.1, 0.15) is 11.5 Å². The Morgan fingerprint density at radius 2 is 1.87 bits per heavy atom. The van der Waals surface area contributed by atoms with Crippen molar-refractivity contribution in [2.75, 3.05) is 18.2 Å². The summed E-state index contributed by atoms with van der Waals surface area (Å²) in [7, 11) is 1.52. The van der Waals surface area contributed by atoms with Crippen molar-refractivity contribution in [2.45, 2.75) is 13.0 Å². The molecule has 0 saturated carbocycles. The molecular formula is C16H16Cl2N2O3. The molecule has 0 unspecified atom stereocenters. The number of rotatable bonds is 5. The van der Waals surface area contributed by atoms with Crippen molar-refractivity contribution in [1.29, 1.82) is 0 Å². The van der Waals surface area contributed by atoms with Crippen LogP contribution < -0.4 is 20.5 Å². The lowest BCUT2D eigenvalue weighted by atomic mass is 10.2. The SMILES string of the molecule is COc1ccc(NC(=O)[C@H](C)Oc2ccc(Cl)cc2Cl)cc1N. The van der Waals surface area contributed by atoms with Crippen LogP contribution in [-0.4, -0.2) is 19.1 Å². The van der Waals surface area contributed by atoms with Crippen molar-refractivity contribution in [2.24, 2.45) is 0 Å². The highest BCUT2D eigenvalue weighted by molar-refractivity contribution is 6.35. The van der Waals surface area contributed by atoms with Gasteiger partial charge >= 0.3 is 0 Å². The third kappa shape index (κ3) is 4.43. The number of carbonyl (C=O) groups is 1. The minimum Gasteiger partial charge on any atom is -0.495 e. The number of amides is 1. The van der Waals surface area contributed by atoms with Gasteiger partial charge in [0.2, 0.25) is 0 Å². The fraction of sp³-hybridized carbons (Fsp3) is 0.188. The Morgan fingerprint density at radius 1 is 1.17 bits per heavy atom. The van der Waals surface area contributed by atoms with Crippen LogP contribution in [0.15, 0.2) is 36.4 Å². The lowest BCUT2D eigenvalue weighted by Crippen LogP contribution is -2.30. The van der Waals surface area contributed by atoms with Gasteiger partial charge in [0.05, 0.1) is 17.8 Å². The quantitative estimate of drug-likeness (QED) is 0.796. The summed E-state index contributed by atoms with van der Waals surface area (Å²) in [5.41, 5.74) is 6.78. The van der Waals surface area contributed by atoms with Crippen LogP contribution in [0.5, 0.6) is 11.5 Å². The van der Waals surface area contributed by atoms with Gasteiger partial charge in [-0.2, -0.15) is 0 Å². The molecule has 5 nitrogen and oxygen atoms in total. The molecule has 0 fully saturated rings. The molecule has 2 aromatic rings. The smallest absolute Gasteiger partial charge is 0.265 e. The molecular weight excluding hydrogens is 339 g/mol. The van der Waals surface area contributed by atoms with Gasteiger partial charge in [-0.3, -0.25) is 4.79 Å². The maximum absolute atomic E-state index is 12.2. The molecule has 23 heavy (non-hydrogen) atoms. The van der Waals surface area contributed by atoms with E-state index in [1.807, 2.05) is 0 Å². The molecule has 1 atom stereocenters. The van der Waals surface area contributed by atoms with E-state index in [4.69, 9.17) is 38.4 Å². The predicted octanol–water partition coefficient (Wildman–Crippen LogP) is 3.99. The second kappa shape index (κ2) is 7.44. The molecule has 0 saturated heterocycles. The molecule has 0 aliphatic rings. The number of nitrogens with two attached hydrogens (primary N) is 1. The maximum atomic E-state index is 12.2. The second-order valence-electron chi connectivity index (χ2n) is 4.78. The van der Waals surface area contributed by atoms with Crippen LogP contribution in [0.2, 0.25) is 10.0 Å². The van der Waals surface area contributed by atoms with Crippen LogP contribution in [0.1, 0.15) is 6.92 Å².